The van der Waals surface area contributed by atoms with E-state index < -0.39 is 0 Å². The molecule has 1 atom stereocenters. The van der Waals surface area contributed by atoms with Crippen molar-refractivity contribution in [2.24, 2.45) is 7.05 Å². The van der Waals surface area contributed by atoms with Crippen LogP contribution in [0.1, 0.15) is 24.2 Å². The number of hydrogen-bond acceptors (Lipinski definition) is 3. The van der Waals surface area contributed by atoms with Crippen LogP contribution < -0.4 is 11.0 Å². The molecule has 1 aliphatic heterocycles. The van der Waals surface area contributed by atoms with Crippen molar-refractivity contribution in [2.75, 3.05) is 0 Å². The van der Waals surface area contributed by atoms with Crippen LogP contribution in [0.25, 0.3) is 11.1 Å². The van der Waals surface area contributed by atoms with Crippen LogP contribution in [0.2, 0.25) is 0 Å². The normalized spacial score (nSPS) is 16.2. The van der Waals surface area contributed by atoms with Crippen LogP contribution in [0.5, 0.6) is 0 Å². The zero-order valence-corrected chi connectivity index (χ0v) is 16.0. The first-order valence-corrected chi connectivity index (χ1v) is 9.66. The van der Waals surface area contributed by atoms with E-state index in [1.54, 1.807) is 11.6 Å². The fourth-order valence-electron chi connectivity index (χ4n) is 3.75. The van der Waals surface area contributed by atoms with E-state index in [9.17, 15) is 9.59 Å². The third kappa shape index (κ3) is 3.91. The van der Waals surface area contributed by atoms with Gasteiger partial charge in [0.25, 0.3) is 0 Å². The Kier molecular flexibility index (Phi) is 5.10. The number of aryl methyl sites for hydroxylation is 2. The first-order chi connectivity index (χ1) is 13.6. The van der Waals surface area contributed by atoms with Gasteiger partial charge in [-0.1, -0.05) is 54.6 Å². The summed E-state index contributed by atoms with van der Waals surface area (Å²) in [7, 11) is 1.67. The highest BCUT2D eigenvalue weighted by Crippen LogP contribution is 2.19. The highest BCUT2D eigenvalue weighted by molar-refractivity contribution is 5.79. The average Bonchev–Trinajstić information content (AvgIpc) is 2.86. The second-order valence-electron chi connectivity index (χ2n) is 7.31. The second kappa shape index (κ2) is 7.84. The Morgan fingerprint density at radius 1 is 1.07 bits per heavy atom. The van der Waals surface area contributed by atoms with Gasteiger partial charge in [0, 0.05) is 26.1 Å². The third-order valence-corrected chi connectivity index (χ3v) is 5.29. The molecular formula is C22H24N4O2. The zero-order chi connectivity index (χ0) is 19.5. The largest absolute Gasteiger partial charge is 0.353 e. The van der Waals surface area contributed by atoms with Gasteiger partial charge < -0.3 is 5.32 Å². The summed E-state index contributed by atoms with van der Waals surface area (Å²) in [6, 6.07) is 18.4. The minimum Gasteiger partial charge on any atom is -0.353 e. The summed E-state index contributed by atoms with van der Waals surface area (Å²) in [5.74, 6) is 0.825. The number of carbonyl (C=O) groups is 1. The highest BCUT2D eigenvalue weighted by Gasteiger charge is 2.21. The Hall–Kier alpha value is -3.15. The quantitative estimate of drug-likeness (QED) is 0.760. The van der Waals surface area contributed by atoms with Gasteiger partial charge in [0.1, 0.15) is 5.82 Å². The molecule has 2 heterocycles. The van der Waals surface area contributed by atoms with Crippen LogP contribution in [0.15, 0.2) is 59.4 Å². The molecule has 0 saturated carbocycles. The maximum Gasteiger partial charge on any atom is 0.345 e. The number of fused-ring (bicyclic) bond motifs is 1. The number of hydrogen-bond donors (Lipinski definition) is 1. The number of nitrogens with one attached hydrogen (secondary N) is 1. The summed E-state index contributed by atoms with van der Waals surface area (Å²) >= 11 is 0. The van der Waals surface area contributed by atoms with Crippen molar-refractivity contribution in [2.45, 2.75) is 38.3 Å². The van der Waals surface area contributed by atoms with Gasteiger partial charge in [-0.2, -0.15) is 5.10 Å². The van der Waals surface area contributed by atoms with Crippen LogP contribution in [0.4, 0.5) is 0 Å². The lowest BCUT2D eigenvalue weighted by Crippen LogP contribution is -2.36. The predicted molar refractivity (Wildman–Crippen MR) is 108 cm³/mol. The molecule has 28 heavy (non-hydrogen) atoms. The molecule has 4 rings (SSSR count). The molecule has 1 amide bonds. The van der Waals surface area contributed by atoms with Gasteiger partial charge in [0.15, 0.2) is 0 Å². The summed E-state index contributed by atoms with van der Waals surface area (Å²) in [6.07, 6.45) is 2.61. The van der Waals surface area contributed by atoms with Crippen LogP contribution >= 0.6 is 0 Å². The molecule has 1 aliphatic rings. The van der Waals surface area contributed by atoms with E-state index in [0.29, 0.717) is 19.4 Å². The molecule has 1 unspecified atom stereocenters. The molecule has 2 aromatic carbocycles. The van der Waals surface area contributed by atoms with Gasteiger partial charge in [-0.25, -0.2) is 9.48 Å². The number of rotatable bonds is 4. The van der Waals surface area contributed by atoms with Crippen LogP contribution in [-0.4, -0.2) is 26.3 Å². The molecule has 0 aliphatic carbocycles. The zero-order valence-electron chi connectivity index (χ0n) is 16.0. The maximum absolute atomic E-state index is 12.5. The summed E-state index contributed by atoms with van der Waals surface area (Å²) < 4.78 is 3.10. The van der Waals surface area contributed by atoms with Crippen LogP contribution in [0.3, 0.4) is 0 Å². The predicted octanol–water partition coefficient (Wildman–Crippen LogP) is 2.31. The van der Waals surface area contributed by atoms with Crippen molar-refractivity contribution in [3.05, 3.63) is 76.5 Å². The van der Waals surface area contributed by atoms with Crippen molar-refractivity contribution < 1.29 is 4.79 Å². The molecule has 0 radical (unpaired) electrons. The Morgan fingerprint density at radius 2 is 1.79 bits per heavy atom. The molecule has 1 aromatic heterocycles. The van der Waals surface area contributed by atoms with Crippen molar-refractivity contribution >= 4 is 5.91 Å². The summed E-state index contributed by atoms with van der Waals surface area (Å²) in [5, 5.41) is 7.40. The fourth-order valence-corrected chi connectivity index (χ4v) is 3.75. The summed E-state index contributed by atoms with van der Waals surface area (Å²) in [6.45, 7) is 0.596. The topological polar surface area (TPSA) is 68.9 Å². The average molecular weight is 376 g/mol. The molecule has 0 spiro atoms. The van der Waals surface area contributed by atoms with Crippen molar-refractivity contribution in [3.63, 3.8) is 0 Å². The van der Waals surface area contributed by atoms with Crippen molar-refractivity contribution in [1.82, 2.24) is 19.7 Å². The molecule has 0 saturated heterocycles. The van der Waals surface area contributed by atoms with Gasteiger partial charge in [0.2, 0.25) is 5.91 Å². The smallest absolute Gasteiger partial charge is 0.345 e. The lowest BCUT2D eigenvalue weighted by Gasteiger charge is -2.16. The molecule has 0 bridgehead atoms. The van der Waals surface area contributed by atoms with Gasteiger partial charge >= 0.3 is 5.69 Å². The molecule has 6 heteroatoms. The minimum atomic E-state index is -0.0829. The maximum atomic E-state index is 12.5. The number of amides is 1. The molecule has 144 valence electrons. The Labute approximate surface area is 163 Å². The number of nitrogens with zero attached hydrogens (tertiary/aromatic N) is 3. The summed E-state index contributed by atoms with van der Waals surface area (Å²) in [4.78, 5) is 24.5. The van der Waals surface area contributed by atoms with Crippen LogP contribution in [-0.2, 0) is 31.2 Å². The van der Waals surface area contributed by atoms with Crippen molar-refractivity contribution in [1.29, 1.82) is 0 Å². The molecule has 6 nitrogen and oxygen atoms in total. The molecule has 0 fully saturated rings. The number of aromatic nitrogens is 3. The highest BCUT2D eigenvalue weighted by atomic mass is 16.2. The van der Waals surface area contributed by atoms with Gasteiger partial charge in [-0.3, -0.25) is 9.36 Å². The molecule has 1 N–H and O–H groups in total. The molecule has 3 aromatic rings. The van der Waals surface area contributed by atoms with E-state index >= 15 is 0 Å². The third-order valence-electron chi connectivity index (χ3n) is 5.29. The first kappa shape index (κ1) is 18.2. The fraction of sp³-hybridized carbons (Fsp3) is 0.318. The van der Waals surface area contributed by atoms with E-state index in [2.05, 4.69) is 34.7 Å². The van der Waals surface area contributed by atoms with E-state index in [0.717, 1.165) is 29.8 Å². The summed E-state index contributed by atoms with van der Waals surface area (Å²) in [5.41, 5.74) is 3.22. The number of carbonyl (C=O) groups excluding carboxylic acids is 1. The van der Waals surface area contributed by atoms with E-state index in [4.69, 9.17) is 0 Å². The minimum absolute atomic E-state index is 0.0184. The standard InChI is InChI=1S/C22H24N4O2/c1-25-22(28)26-14-13-19(11-12-20(26)24-25)23-21(27)15-16-7-9-18(10-8-16)17-5-3-2-4-6-17/h2-10,19H,11-15H2,1H3,(H,23,27). The Morgan fingerprint density at radius 3 is 2.54 bits per heavy atom. The van der Waals surface area contributed by atoms with Crippen molar-refractivity contribution in [3.8, 4) is 11.1 Å². The first-order valence-electron chi connectivity index (χ1n) is 9.66. The van der Waals surface area contributed by atoms with Gasteiger partial charge in [-0.15, -0.1) is 0 Å². The van der Waals surface area contributed by atoms with Crippen LogP contribution in [0, 0.1) is 0 Å². The van der Waals surface area contributed by atoms with E-state index in [1.165, 1.54) is 10.2 Å². The molecular weight excluding hydrogens is 352 g/mol. The van der Waals surface area contributed by atoms with E-state index in [-0.39, 0.29) is 17.6 Å². The Balaban J connectivity index is 1.34. The lowest BCUT2D eigenvalue weighted by atomic mass is 10.0. The monoisotopic (exact) mass is 376 g/mol. The van der Waals surface area contributed by atoms with E-state index in [1.807, 2.05) is 30.3 Å². The second-order valence-corrected chi connectivity index (χ2v) is 7.31. The SMILES string of the molecule is Cn1nc2n(c1=O)CCC(NC(=O)Cc1ccc(-c3ccccc3)cc1)CC2. The number of benzene rings is 2. The van der Waals surface area contributed by atoms with Gasteiger partial charge in [-0.05, 0) is 29.5 Å². The Bertz CT molecular complexity index is 1020. The van der Waals surface area contributed by atoms with Gasteiger partial charge in [0.05, 0.1) is 6.42 Å². The lowest BCUT2D eigenvalue weighted by molar-refractivity contribution is -0.121.